The van der Waals surface area contributed by atoms with Gasteiger partial charge in [0.25, 0.3) is 5.91 Å². The number of nitrogens with one attached hydrogen (secondary N) is 2. The third-order valence-electron chi connectivity index (χ3n) is 3.69. The topological polar surface area (TPSA) is 101 Å². The molecule has 1 heterocycles. The molecule has 0 spiro atoms. The average Bonchev–Trinajstić information content (AvgIpc) is 2.67. The second kappa shape index (κ2) is 9.06. The molecular formula is C17H20Cl2N4O4S. The van der Waals surface area contributed by atoms with Gasteiger partial charge in [-0.3, -0.25) is 9.78 Å². The summed E-state index contributed by atoms with van der Waals surface area (Å²) in [6, 6.07) is 7.44. The Hall–Kier alpha value is -1.91. The van der Waals surface area contributed by atoms with Crippen molar-refractivity contribution in [3.05, 3.63) is 53.3 Å². The minimum Gasteiger partial charge on any atom is -0.342 e. The van der Waals surface area contributed by atoms with Crippen LogP contribution >= 0.6 is 23.2 Å². The summed E-state index contributed by atoms with van der Waals surface area (Å²) in [6.45, 7) is 3.38. The highest BCUT2D eigenvalue weighted by Gasteiger charge is 2.29. The number of hydroxylamine groups is 1. The standard InChI is InChI=1S/C17H20Cl2N4O4S/c1-4-23(3)28(25,26)15-10-13(18)7-8-14(15)21-17(2,19)27-22-16(24)12-6-5-9-20-11-12/h5-11,21H,4H2,1-3H3,(H,22,24). The molecule has 0 saturated carbocycles. The first-order valence-electron chi connectivity index (χ1n) is 8.18. The van der Waals surface area contributed by atoms with E-state index >= 15 is 0 Å². The van der Waals surface area contributed by atoms with Gasteiger partial charge in [-0.1, -0.05) is 30.1 Å². The minimum atomic E-state index is -3.81. The van der Waals surface area contributed by atoms with Crippen LogP contribution in [0.15, 0.2) is 47.6 Å². The van der Waals surface area contributed by atoms with Crippen LogP contribution in [0.25, 0.3) is 0 Å². The normalized spacial score (nSPS) is 13.8. The molecule has 0 aliphatic heterocycles. The van der Waals surface area contributed by atoms with E-state index in [4.69, 9.17) is 28.0 Å². The number of carbonyl (C=O) groups excluding carboxylic acids is 1. The van der Waals surface area contributed by atoms with Gasteiger partial charge in [0, 0.05) is 37.9 Å². The summed E-state index contributed by atoms with van der Waals surface area (Å²) in [5.41, 5.74) is 2.64. The van der Waals surface area contributed by atoms with Crippen molar-refractivity contribution < 1.29 is 18.0 Å². The fourth-order valence-electron chi connectivity index (χ4n) is 2.11. The van der Waals surface area contributed by atoms with E-state index < -0.39 is 21.1 Å². The largest absolute Gasteiger partial charge is 0.342 e. The summed E-state index contributed by atoms with van der Waals surface area (Å²) in [6.07, 6.45) is 2.89. The molecule has 2 N–H and O–H groups in total. The zero-order valence-electron chi connectivity index (χ0n) is 15.4. The van der Waals surface area contributed by atoms with Crippen LogP contribution in [0.1, 0.15) is 24.2 Å². The van der Waals surface area contributed by atoms with E-state index in [2.05, 4.69) is 15.8 Å². The number of benzene rings is 1. The molecule has 0 aliphatic carbocycles. The SMILES string of the molecule is CCN(C)S(=O)(=O)c1cc(Cl)ccc1NC(C)(Cl)ONC(=O)c1cccnc1. The van der Waals surface area contributed by atoms with Gasteiger partial charge < -0.3 is 5.32 Å². The summed E-state index contributed by atoms with van der Waals surface area (Å²) in [4.78, 5) is 21.0. The second-order valence-corrected chi connectivity index (χ2v) is 9.05. The Morgan fingerprint density at radius 2 is 2.07 bits per heavy atom. The lowest BCUT2D eigenvalue weighted by Crippen LogP contribution is -2.40. The molecule has 28 heavy (non-hydrogen) atoms. The lowest BCUT2D eigenvalue weighted by atomic mass is 10.3. The van der Waals surface area contributed by atoms with Crippen molar-refractivity contribution in [2.24, 2.45) is 0 Å². The number of nitrogens with zero attached hydrogens (tertiary/aromatic N) is 2. The predicted molar refractivity (Wildman–Crippen MR) is 108 cm³/mol. The third kappa shape index (κ3) is 5.55. The number of pyridine rings is 1. The zero-order valence-corrected chi connectivity index (χ0v) is 17.8. The van der Waals surface area contributed by atoms with E-state index in [1.807, 2.05) is 0 Å². The van der Waals surface area contributed by atoms with Gasteiger partial charge in [0.15, 0.2) is 0 Å². The number of rotatable bonds is 8. The van der Waals surface area contributed by atoms with Gasteiger partial charge in [-0.25, -0.2) is 23.0 Å². The maximum atomic E-state index is 12.7. The fraction of sp³-hybridized carbons (Fsp3) is 0.294. The van der Waals surface area contributed by atoms with Crippen LogP contribution in [0, 0.1) is 0 Å². The highest BCUT2D eigenvalue weighted by atomic mass is 35.5. The highest BCUT2D eigenvalue weighted by Crippen LogP contribution is 2.30. The predicted octanol–water partition coefficient (Wildman–Crippen LogP) is 3.06. The summed E-state index contributed by atoms with van der Waals surface area (Å²) in [5, 5.41) is 1.35. The van der Waals surface area contributed by atoms with Crippen LogP contribution in [-0.4, -0.2) is 42.4 Å². The fourth-order valence-corrected chi connectivity index (χ4v) is 3.84. The Labute approximate surface area is 173 Å². The maximum Gasteiger partial charge on any atom is 0.276 e. The Morgan fingerprint density at radius 3 is 2.68 bits per heavy atom. The van der Waals surface area contributed by atoms with Crippen LogP contribution in [0.2, 0.25) is 5.02 Å². The molecule has 0 saturated heterocycles. The molecule has 0 bridgehead atoms. The molecule has 1 unspecified atom stereocenters. The molecule has 152 valence electrons. The summed E-state index contributed by atoms with van der Waals surface area (Å²) in [5.74, 6) is -0.559. The molecule has 1 aromatic carbocycles. The summed E-state index contributed by atoms with van der Waals surface area (Å²) >= 11 is 12.2. The van der Waals surface area contributed by atoms with E-state index in [9.17, 15) is 13.2 Å². The molecular weight excluding hydrogens is 427 g/mol. The number of alkyl halides is 1. The molecule has 1 amide bonds. The number of carbonyl (C=O) groups is 1. The first kappa shape index (κ1) is 22.4. The smallest absolute Gasteiger partial charge is 0.276 e. The van der Waals surface area contributed by atoms with Crippen LogP contribution in [0.4, 0.5) is 5.69 Å². The van der Waals surface area contributed by atoms with Gasteiger partial charge in [0.05, 0.1) is 11.3 Å². The van der Waals surface area contributed by atoms with Crippen molar-refractivity contribution in [2.75, 3.05) is 18.9 Å². The molecule has 0 radical (unpaired) electrons. The molecule has 0 aliphatic rings. The quantitative estimate of drug-likeness (QED) is 0.279. The minimum absolute atomic E-state index is 0.0709. The molecule has 11 heteroatoms. The van der Waals surface area contributed by atoms with E-state index in [0.717, 1.165) is 0 Å². The van der Waals surface area contributed by atoms with Crippen molar-refractivity contribution in [1.82, 2.24) is 14.8 Å². The van der Waals surface area contributed by atoms with Gasteiger partial charge in [-0.05, 0) is 30.3 Å². The molecule has 2 rings (SSSR count). The summed E-state index contributed by atoms with van der Waals surface area (Å²) in [7, 11) is -2.36. The monoisotopic (exact) mass is 446 g/mol. The van der Waals surface area contributed by atoms with Crippen molar-refractivity contribution in [3.63, 3.8) is 0 Å². The lowest BCUT2D eigenvalue weighted by Gasteiger charge is -2.26. The number of amides is 1. The maximum absolute atomic E-state index is 12.7. The highest BCUT2D eigenvalue weighted by molar-refractivity contribution is 7.89. The van der Waals surface area contributed by atoms with Crippen LogP contribution in [0.3, 0.4) is 0 Å². The first-order valence-corrected chi connectivity index (χ1v) is 10.4. The summed E-state index contributed by atoms with van der Waals surface area (Å²) < 4.78 is 26.6. The number of hydrogen-bond acceptors (Lipinski definition) is 6. The van der Waals surface area contributed by atoms with E-state index in [-0.39, 0.29) is 27.7 Å². The van der Waals surface area contributed by atoms with Crippen molar-refractivity contribution in [3.8, 4) is 0 Å². The van der Waals surface area contributed by atoms with Gasteiger partial charge >= 0.3 is 0 Å². The van der Waals surface area contributed by atoms with Gasteiger partial charge in [-0.2, -0.15) is 0 Å². The number of aromatic nitrogens is 1. The molecule has 1 aromatic heterocycles. The van der Waals surface area contributed by atoms with E-state index in [0.29, 0.717) is 0 Å². The first-order chi connectivity index (χ1) is 13.1. The Morgan fingerprint density at radius 1 is 1.36 bits per heavy atom. The second-order valence-electron chi connectivity index (χ2n) is 5.88. The van der Waals surface area contributed by atoms with Gasteiger partial charge in [-0.15, -0.1) is 0 Å². The molecule has 8 nitrogen and oxygen atoms in total. The zero-order chi connectivity index (χ0) is 20.9. The number of hydrogen-bond donors (Lipinski definition) is 2. The Balaban J connectivity index is 2.21. The van der Waals surface area contributed by atoms with Crippen molar-refractivity contribution in [2.45, 2.75) is 23.9 Å². The number of halogens is 2. The van der Waals surface area contributed by atoms with Gasteiger partial charge in [0.2, 0.25) is 15.2 Å². The molecule has 1 atom stereocenters. The Bertz CT molecular complexity index is 939. The van der Waals surface area contributed by atoms with Gasteiger partial charge in [0.1, 0.15) is 4.90 Å². The third-order valence-corrected chi connectivity index (χ3v) is 6.07. The van der Waals surface area contributed by atoms with Crippen LogP contribution in [0.5, 0.6) is 0 Å². The lowest BCUT2D eigenvalue weighted by molar-refractivity contribution is -0.0176. The van der Waals surface area contributed by atoms with E-state index in [1.54, 1.807) is 19.1 Å². The Kier molecular flexibility index (Phi) is 7.24. The number of anilines is 1. The molecule has 2 aromatic rings. The average molecular weight is 447 g/mol. The van der Waals surface area contributed by atoms with Crippen LogP contribution in [-0.2, 0) is 14.9 Å². The van der Waals surface area contributed by atoms with Crippen molar-refractivity contribution >= 4 is 44.8 Å². The van der Waals surface area contributed by atoms with Crippen LogP contribution < -0.4 is 10.8 Å². The van der Waals surface area contributed by atoms with E-state index in [1.165, 1.54) is 48.9 Å². The molecule has 0 fully saturated rings. The van der Waals surface area contributed by atoms with Crippen molar-refractivity contribution in [1.29, 1.82) is 0 Å². The number of sulfonamides is 1.